The van der Waals surface area contributed by atoms with Crippen LogP contribution >= 0.6 is 0 Å². The number of hydrogen-bond donors (Lipinski definition) is 2. The molecule has 3 heterocycles. The molecule has 0 saturated carbocycles. The third-order valence-corrected chi connectivity index (χ3v) is 4.70. The zero-order valence-electron chi connectivity index (χ0n) is 17.2. The van der Waals surface area contributed by atoms with E-state index in [0.717, 1.165) is 18.5 Å². The van der Waals surface area contributed by atoms with Crippen LogP contribution in [0.1, 0.15) is 5.82 Å². The molecule has 0 spiro atoms. The highest BCUT2D eigenvalue weighted by Gasteiger charge is 2.33. The minimum atomic E-state index is -5.00. The summed E-state index contributed by atoms with van der Waals surface area (Å²) in [7, 11) is -2.39. The number of benzene rings is 1. The molecule has 0 unspecified atom stereocenters. The maximum atomic E-state index is 12.7. The van der Waals surface area contributed by atoms with Gasteiger partial charge in [0.15, 0.2) is 28.6 Å². The van der Waals surface area contributed by atoms with E-state index in [1.54, 1.807) is 0 Å². The number of sulfonamides is 1. The van der Waals surface area contributed by atoms with Crippen molar-refractivity contribution in [3.05, 3.63) is 47.8 Å². The highest BCUT2D eigenvalue weighted by atomic mass is 32.2. The number of fused-ring (bicyclic) bond motifs is 1. The molecule has 4 rings (SSSR count). The zero-order valence-corrected chi connectivity index (χ0v) is 18.1. The molecule has 2 N–H and O–H groups in total. The summed E-state index contributed by atoms with van der Waals surface area (Å²) in [5, 5.41) is 10.6. The molecule has 1 aliphatic heterocycles. The number of anilines is 1. The molecule has 34 heavy (non-hydrogen) atoms. The normalized spacial score (nSPS) is 13.6. The maximum Gasteiger partial charge on any atom is 0.574 e. The fourth-order valence-electron chi connectivity index (χ4n) is 2.98. The third-order valence-electron chi connectivity index (χ3n) is 4.12. The van der Waals surface area contributed by atoms with Gasteiger partial charge in [0, 0.05) is 0 Å². The highest BCUT2D eigenvalue weighted by molar-refractivity contribution is 7.92. The summed E-state index contributed by atoms with van der Waals surface area (Å²) >= 11 is 0. The van der Waals surface area contributed by atoms with Crippen molar-refractivity contribution in [1.82, 2.24) is 19.5 Å². The van der Waals surface area contributed by atoms with Crippen LogP contribution in [0.3, 0.4) is 0 Å². The van der Waals surface area contributed by atoms with Gasteiger partial charge in [0.1, 0.15) is 17.2 Å². The smallest absolute Gasteiger partial charge is 0.506 e. The number of nitrogens with zero attached hydrogens (tertiary/aromatic N) is 5. The number of imidazole rings is 1. The van der Waals surface area contributed by atoms with Crippen molar-refractivity contribution in [3.8, 4) is 17.2 Å². The lowest BCUT2D eigenvalue weighted by atomic mass is 10.2. The van der Waals surface area contributed by atoms with Crippen LogP contribution in [0, 0.1) is 0 Å². The number of phenolic OH excluding ortho intramolecular Hbond substituents is 1. The zero-order chi connectivity index (χ0) is 24.7. The fourth-order valence-corrected chi connectivity index (χ4v) is 3.45. The Morgan fingerprint density at radius 3 is 2.68 bits per heavy atom. The molecule has 3 aromatic rings. The van der Waals surface area contributed by atoms with Crippen LogP contribution in [0.25, 0.3) is 22.7 Å². The molecule has 15 heteroatoms. The van der Waals surface area contributed by atoms with Crippen LogP contribution in [0.2, 0.25) is 0 Å². The maximum absolute atomic E-state index is 12.7. The van der Waals surface area contributed by atoms with Crippen molar-refractivity contribution < 1.29 is 36.2 Å². The Labute approximate surface area is 189 Å². The summed E-state index contributed by atoms with van der Waals surface area (Å²) in [6.45, 7) is 0. The summed E-state index contributed by atoms with van der Waals surface area (Å²) in [6, 6.07) is 4.32. The van der Waals surface area contributed by atoms with E-state index in [0.29, 0.717) is 0 Å². The molecule has 0 saturated heterocycles. The SMILES string of the molecule is COc1cccc(O)c1-n1c(C2=C=C=CC(OC(F)(F)F)=N2)nc2ncc(NS(C)(=O)=O)nc21. The van der Waals surface area contributed by atoms with E-state index in [-0.39, 0.29) is 45.8 Å². The average molecular weight is 494 g/mol. The molecule has 1 aromatic carbocycles. The van der Waals surface area contributed by atoms with Crippen LogP contribution in [0.4, 0.5) is 19.0 Å². The lowest BCUT2D eigenvalue weighted by Gasteiger charge is -2.15. The van der Waals surface area contributed by atoms with E-state index >= 15 is 0 Å². The number of halogens is 3. The fraction of sp³-hybridized carbons (Fsp3) is 0.158. The van der Waals surface area contributed by atoms with Crippen LogP contribution < -0.4 is 9.46 Å². The van der Waals surface area contributed by atoms with Crippen molar-refractivity contribution in [2.45, 2.75) is 6.36 Å². The Morgan fingerprint density at radius 1 is 1.24 bits per heavy atom. The molecule has 0 bridgehead atoms. The Morgan fingerprint density at radius 2 is 2.00 bits per heavy atom. The van der Waals surface area contributed by atoms with Crippen LogP contribution in [-0.2, 0) is 14.8 Å². The van der Waals surface area contributed by atoms with Crippen molar-refractivity contribution >= 4 is 38.7 Å². The van der Waals surface area contributed by atoms with E-state index in [2.05, 4.69) is 40.9 Å². The van der Waals surface area contributed by atoms with Gasteiger partial charge in [0.2, 0.25) is 15.9 Å². The number of aromatic nitrogens is 4. The monoisotopic (exact) mass is 494 g/mol. The molecule has 2 aromatic heterocycles. The highest BCUT2D eigenvalue weighted by Crippen LogP contribution is 2.36. The Hall–Kier alpha value is -4.32. The second-order valence-electron chi connectivity index (χ2n) is 6.64. The molecule has 0 amide bonds. The first-order chi connectivity index (χ1) is 15.9. The molecular formula is C19H13F3N6O5S. The van der Waals surface area contributed by atoms with Gasteiger partial charge in [-0.05, 0) is 17.9 Å². The van der Waals surface area contributed by atoms with Crippen molar-refractivity contribution in [1.29, 1.82) is 0 Å². The number of methoxy groups -OCH3 is 1. The predicted octanol–water partition coefficient (Wildman–Crippen LogP) is 2.50. The molecule has 11 nitrogen and oxygen atoms in total. The van der Waals surface area contributed by atoms with Gasteiger partial charge in [-0.1, -0.05) is 11.8 Å². The summed E-state index contributed by atoms with van der Waals surface area (Å²) < 4.78 is 73.8. The number of hydrogen-bond acceptors (Lipinski definition) is 9. The van der Waals surface area contributed by atoms with Gasteiger partial charge in [0.05, 0.1) is 25.6 Å². The van der Waals surface area contributed by atoms with Crippen LogP contribution in [0.5, 0.6) is 11.5 Å². The summed E-state index contributed by atoms with van der Waals surface area (Å²) in [4.78, 5) is 16.3. The molecular weight excluding hydrogens is 481 g/mol. The Kier molecular flexibility index (Phi) is 5.53. The van der Waals surface area contributed by atoms with E-state index < -0.39 is 22.3 Å². The third kappa shape index (κ3) is 4.71. The van der Waals surface area contributed by atoms with Crippen molar-refractivity contribution in [2.24, 2.45) is 4.99 Å². The number of phenols is 1. The van der Waals surface area contributed by atoms with Crippen molar-refractivity contribution in [3.63, 3.8) is 0 Å². The van der Waals surface area contributed by atoms with Gasteiger partial charge in [-0.25, -0.2) is 28.4 Å². The minimum Gasteiger partial charge on any atom is -0.506 e. The van der Waals surface area contributed by atoms with Crippen molar-refractivity contribution in [2.75, 3.05) is 18.1 Å². The summed E-state index contributed by atoms with van der Waals surface area (Å²) in [5.74, 6) is -1.33. The molecule has 0 radical (unpaired) electrons. The molecule has 1 aliphatic rings. The number of alkyl halides is 3. The van der Waals surface area contributed by atoms with Gasteiger partial charge in [-0.3, -0.25) is 9.29 Å². The largest absolute Gasteiger partial charge is 0.574 e. The predicted molar refractivity (Wildman–Crippen MR) is 113 cm³/mol. The minimum absolute atomic E-state index is 0.00866. The quantitative estimate of drug-likeness (QED) is 0.516. The van der Waals surface area contributed by atoms with Gasteiger partial charge in [0.25, 0.3) is 0 Å². The van der Waals surface area contributed by atoms with E-state index in [1.165, 1.54) is 29.9 Å². The topological polar surface area (TPSA) is 141 Å². The lowest BCUT2D eigenvalue weighted by molar-refractivity contribution is -0.282. The Bertz CT molecular complexity index is 1550. The first kappa shape index (κ1) is 22.9. The van der Waals surface area contributed by atoms with E-state index in [1.807, 2.05) is 0 Å². The molecule has 0 atom stereocenters. The standard InChI is InChI=1S/C19H13F3N6O5S/c1-32-12-7-4-6-11(29)15(12)28-17(10-5-3-8-14(24-10)33-19(20,21)22)26-16-18(28)25-13(9-23-16)27-34(2,30)31/h4,6-9,29H,1-2H3,(H,25,27). The number of aromatic hydroxyl groups is 1. The molecule has 0 aliphatic carbocycles. The van der Waals surface area contributed by atoms with Gasteiger partial charge < -0.3 is 14.6 Å². The second-order valence-corrected chi connectivity index (χ2v) is 8.38. The van der Waals surface area contributed by atoms with Gasteiger partial charge in [-0.2, -0.15) is 0 Å². The van der Waals surface area contributed by atoms with E-state index in [9.17, 15) is 26.7 Å². The van der Waals surface area contributed by atoms with Crippen LogP contribution in [-0.4, -0.2) is 58.7 Å². The second kappa shape index (κ2) is 8.23. The average Bonchev–Trinajstić information content (AvgIpc) is 3.09. The number of nitrogens with one attached hydrogen (secondary N) is 1. The number of para-hydroxylation sites is 1. The lowest BCUT2D eigenvalue weighted by Crippen LogP contribution is -2.18. The number of ether oxygens (including phenoxy) is 2. The molecule has 176 valence electrons. The number of rotatable bonds is 5. The van der Waals surface area contributed by atoms with Gasteiger partial charge in [-0.15, -0.1) is 13.2 Å². The Balaban J connectivity index is 2.01. The van der Waals surface area contributed by atoms with Crippen LogP contribution in [0.15, 0.2) is 46.9 Å². The summed E-state index contributed by atoms with van der Waals surface area (Å²) in [6.07, 6.45) is -2.17. The first-order valence-electron chi connectivity index (χ1n) is 9.11. The van der Waals surface area contributed by atoms with Gasteiger partial charge >= 0.3 is 6.36 Å². The summed E-state index contributed by atoms with van der Waals surface area (Å²) in [5.41, 5.74) is 4.52. The first-order valence-corrected chi connectivity index (χ1v) is 11.0. The molecule has 0 fully saturated rings. The van der Waals surface area contributed by atoms with E-state index in [4.69, 9.17) is 4.74 Å². The number of aliphatic imine (C=N–C) groups is 1.